The van der Waals surface area contributed by atoms with Crippen LogP contribution in [0.3, 0.4) is 0 Å². The Hall–Kier alpha value is -3.02. The molecule has 0 atom stereocenters. The lowest BCUT2D eigenvalue weighted by molar-refractivity contribution is 0.0526. The van der Waals surface area contributed by atoms with Gasteiger partial charge in [0.2, 0.25) is 0 Å². The van der Waals surface area contributed by atoms with E-state index in [0.29, 0.717) is 25.3 Å². The van der Waals surface area contributed by atoms with Gasteiger partial charge in [0, 0.05) is 13.1 Å². The normalized spacial score (nSPS) is 10.1. The minimum Gasteiger partial charge on any atom is -0.497 e. The molecule has 2 aromatic rings. The van der Waals surface area contributed by atoms with Crippen molar-refractivity contribution in [1.82, 2.24) is 10.6 Å². The summed E-state index contributed by atoms with van der Waals surface area (Å²) in [5.74, 6) is 0.469. The lowest BCUT2D eigenvalue weighted by Gasteiger charge is -2.09. The van der Waals surface area contributed by atoms with Gasteiger partial charge in [0.05, 0.1) is 19.3 Å². The fraction of sp³-hybridized carbons (Fsp3) is 0.300. The number of methoxy groups -OCH3 is 1. The molecule has 6 heteroatoms. The zero-order chi connectivity index (χ0) is 18.8. The minimum atomic E-state index is -0.344. The number of esters is 1. The Labute approximate surface area is 153 Å². The van der Waals surface area contributed by atoms with Gasteiger partial charge in [-0.1, -0.05) is 24.3 Å². The van der Waals surface area contributed by atoms with Crippen molar-refractivity contribution < 1.29 is 19.1 Å². The number of urea groups is 1. The molecular formula is C20H24N2O4. The van der Waals surface area contributed by atoms with Crippen LogP contribution in [0.4, 0.5) is 4.79 Å². The predicted molar refractivity (Wildman–Crippen MR) is 99.3 cm³/mol. The van der Waals surface area contributed by atoms with Crippen LogP contribution in [-0.2, 0) is 17.7 Å². The summed E-state index contributed by atoms with van der Waals surface area (Å²) in [7, 11) is 1.63. The van der Waals surface area contributed by atoms with E-state index in [1.54, 1.807) is 38.3 Å². The van der Waals surface area contributed by atoms with E-state index in [0.717, 1.165) is 23.3 Å². The summed E-state index contributed by atoms with van der Waals surface area (Å²) in [5.41, 5.74) is 2.53. The van der Waals surface area contributed by atoms with Gasteiger partial charge in [0.1, 0.15) is 5.75 Å². The SMILES string of the molecule is CCOC(=O)c1ccc(CNC(=O)NCCc2ccc(OC)cc2)cc1. The van der Waals surface area contributed by atoms with Gasteiger partial charge in [-0.3, -0.25) is 0 Å². The molecule has 2 aromatic carbocycles. The first-order chi connectivity index (χ1) is 12.6. The number of ether oxygens (including phenoxy) is 2. The standard InChI is InChI=1S/C20H24N2O4/c1-3-26-19(23)17-8-4-16(5-9-17)14-22-20(24)21-13-12-15-6-10-18(25-2)11-7-15/h4-11H,3,12-14H2,1-2H3,(H2,21,22,24). The minimum absolute atomic E-state index is 0.229. The Kier molecular flexibility index (Phi) is 7.49. The number of rotatable bonds is 8. The van der Waals surface area contributed by atoms with Crippen LogP contribution >= 0.6 is 0 Å². The van der Waals surface area contributed by atoms with E-state index in [4.69, 9.17) is 9.47 Å². The molecule has 0 aliphatic carbocycles. The molecule has 0 aromatic heterocycles. The van der Waals surface area contributed by atoms with Crippen LogP contribution in [0.25, 0.3) is 0 Å². The highest BCUT2D eigenvalue weighted by Crippen LogP contribution is 2.11. The van der Waals surface area contributed by atoms with Gasteiger partial charge >= 0.3 is 12.0 Å². The van der Waals surface area contributed by atoms with Gasteiger partial charge in [-0.15, -0.1) is 0 Å². The largest absolute Gasteiger partial charge is 0.497 e. The van der Waals surface area contributed by atoms with Crippen molar-refractivity contribution in [1.29, 1.82) is 0 Å². The Balaban J connectivity index is 1.70. The first kappa shape index (κ1) is 19.3. The quantitative estimate of drug-likeness (QED) is 0.713. The molecule has 0 saturated heterocycles. The van der Waals surface area contributed by atoms with Gasteiger partial charge in [-0.05, 0) is 48.7 Å². The third-order valence-corrected chi connectivity index (χ3v) is 3.78. The van der Waals surface area contributed by atoms with Gasteiger partial charge in [-0.25, -0.2) is 9.59 Å². The van der Waals surface area contributed by atoms with Crippen molar-refractivity contribution in [2.24, 2.45) is 0 Å². The number of amides is 2. The number of hydrogen-bond donors (Lipinski definition) is 2. The number of benzene rings is 2. The zero-order valence-electron chi connectivity index (χ0n) is 15.1. The molecule has 0 radical (unpaired) electrons. The van der Waals surface area contributed by atoms with Gasteiger partial charge in [0.15, 0.2) is 0 Å². The highest BCUT2D eigenvalue weighted by atomic mass is 16.5. The van der Waals surface area contributed by atoms with E-state index >= 15 is 0 Å². The van der Waals surface area contributed by atoms with Crippen LogP contribution in [0.15, 0.2) is 48.5 Å². The summed E-state index contributed by atoms with van der Waals surface area (Å²) >= 11 is 0. The van der Waals surface area contributed by atoms with E-state index in [9.17, 15) is 9.59 Å². The van der Waals surface area contributed by atoms with E-state index in [2.05, 4.69) is 10.6 Å². The molecule has 0 aliphatic rings. The highest BCUT2D eigenvalue weighted by Gasteiger charge is 2.06. The lowest BCUT2D eigenvalue weighted by atomic mass is 10.1. The molecule has 0 saturated carbocycles. The van der Waals surface area contributed by atoms with Crippen molar-refractivity contribution in [2.75, 3.05) is 20.3 Å². The van der Waals surface area contributed by atoms with Crippen molar-refractivity contribution >= 4 is 12.0 Å². The molecule has 0 unspecified atom stereocenters. The Bertz CT molecular complexity index is 712. The maximum atomic E-state index is 11.9. The number of carbonyl (C=O) groups is 2. The molecule has 6 nitrogen and oxygen atoms in total. The number of nitrogens with one attached hydrogen (secondary N) is 2. The Morgan fingerprint density at radius 2 is 1.58 bits per heavy atom. The molecule has 0 spiro atoms. The first-order valence-corrected chi connectivity index (χ1v) is 8.53. The fourth-order valence-electron chi connectivity index (χ4n) is 2.33. The summed E-state index contributed by atoms with van der Waals surface area (Å²) in [4.78, 5) is 23.4. The number of carbonyl (C=O) groups excluding carboxylic acids is 2. The summed E-state index contributed by atoms with van der Waals surface area (Å²) in [6, 6.07) is 14.5. The average Bonchev–Trinajstić information content (AvgIpc) is 2.67. The predicted octanol–water partition coefficient (Wildman–Crippen LogP) is 2.91. The Morgan fingerprint density at radius 1 is 0.923 bits per heavy atom. The summed E-state index contributed by atoms with van der Waals surface area (Å²) in [6.45, 7) is 3.04. The monoisotopic (exact) mass is 356 g/mol. The third-order valence-electron chi connectivity index (χ3n) is 3.78. The smallest absolute Gasteiger partial charge is 0.338 e. The number of hydrogen-bond acceptors (Lipinski definition) is 4. The van der Waals surface area contributed by atoms with E-state index in [1.165, 1.54) is 0 Å². The van der Waals surface area contributed by atoms with Gasteiger partial charge < -0.3 is 20.1 Å². The van der Waals surface area contributed by atoms with Crippen LogP contribution in [0, 0.1) is 0 Å². The maximum Gasteiger partial charge on any atom is 0.338 e. The molecule has 2 amide bonds. The molecule has 0 aliphatic heterocycles. The molecule has 0 bridgehead atoms. The molecule has 2 rings (SSSR count). The molecule has 138 valence electrons. The highest BCUT2D eigenvalue weighted by molar-refractivity contribution is 5.89. The van der Waals surface area contributed by atoms with E-state index in [1.807, 2.05) is 24.3 Å². The van der Waals surface area contributed by atoms with E-state index < -0.39 is 0 Å². The van der Waals surface area contributed by atoms with E-state index in [-0.39, 0.29) is 12.0 Å². The van der Waals surface area contributed by atoms with Gasteiger partial charge in [0.25, 0.3) is 0 Å². The molecule has 2 N–H and O–H groups in total. The summed E-state index contributed by atoms with van der Waals surface area (Å²) < 4.78 is 10.0. The van der Waals surface area contributed by atoms with Crippen LogP contribution in [0.1, 0.15) is 28.4 Å². The van der Waals surface area contributed by atoms with Crippen LogP contribution < -0.4 is 15.4 Å². The maximum absolute atomic E-state index is 11.9. The average molecular weight is 356 g/mol. The summed E-state index contributed by atoms with van der Waals surface area (Å²) in [6.07, 6.45) is 0.742. The molecular weight excluding hydrogens is 332 g/mol. The second-order valence-corrected chi connectivity index (χ2v) is 5.62. The third kappa shape index (κ3) is 6.12. The molecule has 0 fully saturated rings. The lowest BCUT2D eigenvalue weighted by Crippen LogP contribution is -2.36. The molecule has 26 heavy (non-hydrogen) atoms. The van der Waals surface area contributed by atoms with Crippen molar-refractivity contribution in [3.05, 3.63) is 65.2 Å². The van der Waals surface area contributed by atoms with Crippen LogP contribution in [0.5, 0.6) is 5.75 Å². The zero-order valence-corrected chi connectivity index (χ0v) is 15.1. The van der Waals surface area contributed by atoms with Crippen molar-refractivity contribution in [3.8, 4) is 5.75 Å². The second kappa shape index (κ2) is 10.1. The Morgan fingerprint density at radius 3 is 2.19 bits per heavy atom. The topological polar surface area (TPSA) is 76.7 Å². The fourth-order valence-corrected chi connectivity index (χ4v) is 2.33. The van der Waals surface area contributed by atoms with Crippen molar-refractivity contribution in [2.45, 2.75) is 19.9 Å². The van der Waals surface area contributed by atoms with Crippen LogP contribution in [0.2, 0.25) is 0 Å². The first-order valence-electron chi connectivity index (χ1n) is 8.53. The van der Waals surface area contributed by atoms with Gasteiger partial charge in [-0.2, -0.15) is 0 Å². The second-order valence-electron chi connectivity index (χ2n) is 5.62. The summed E-state index contributed by atoms with van der Waals surface area (Å²) in [5, 5.41) is 5.61. The van der Waals surface area contributed by atoms with Crippen LogP contribution in [-0.4, -0.2) is 32.3 Å². The molecule has 0 heterocycles. The van der Waals surface area contributed by atoms with Crippen molar-refractivity contribution in [3.63, 3.8) is 0 Å².